The Bertz CT molecular complexity index is 962. The summed E-state index contributed by atoms with van der Waals surface area (Å²) < 4.78 is 11.9. The van der Waals surface area contributed by atoms with Gasteiger partial charge in [0.2, 0.25) is 5.91 Å². The lowest BCUT2D eigenvalue weighted by Gasteiger charge is -2.19. The van der Waals surface area contributed by atoms with E-state index in [2.05, 4.69) is 31.2 Å². The number of anilines is 1. The molecule has 0 spiro atoms. The van der Waals surface area contributed by atoms with Gasteiger partial charge in [0, 0.05) is 10.0 Å². The Labute approximate surface area is 164 Å². The number of hydrogen-bond donors (Lipinski definition) is 1. The largest absolute Gasteiger partial charge is 0.486 e. The summed E-state index contributed by atoms with van der Waals surface area (Å²) in [7, 11) is 0. The molecule has 1 amide bonds. The zero-order chi connectivity index (χ0) is 18.6. The quantitative estimate of drug-likeness (QED) is 0.686. The number of rotatable bonds is 4. The van der Waals surface area contributed by atoms with Gasteiger partial charge < -0.3 is 14.8 Å². The lowest BCUT2D eigenvalue weighted by molar-refractivity contribution is -0.115. The van der Waals surface area contributed by atoms with E-state index in [1.54, 1.807) is 12.4 Å². The summed E-state index contributed by atoms with van der Waals surface area (Å²) in [6, 6.07) is 13.3. The standard InChI is InChI=1S/C20H16BrN3O3/c21-16-10-18-17(26-6-7-27-18)8-14(16)9-19(25)24-15-11-22-20(23-12-15)13-4-2-1-3-5-13/h1-5,8,10-12H,6-7,9H2,(H,24,25). The van der Waals surface area contributed by atoms with Crippen LogP contribution in [-0.4, -0.2) is 29.1 Å². The van der Waals surface area contributed by atoms with E-state index in [0.717, 1.165) is 15.6 Å². The number of carbonyl (C=O) groups is 1. The maximum atomic E-state index is 12.4. The number of halogens is 1. The second kappa shape index (κ2) is 7.75. The van der Waals surface area contributed by atoms with Crippen LogP contribution < -0.4 is 14.8 Å². The van der Waals surface area contributed by atoms with Gasteiger partial charge >= 0.3 is 0 Å². The summed E-state index contributed by atoms with van der Waals surface area (Å²) in [6.45, 7) is 1.03. The van der Waals surface area contributed by atoms with Gasteiger partial charge in [0.15, 0.2) is 17.3 Å². The number of aromatic nitrogens is 2. The molecule has 1 aromatic heterocycles. The van der Waals surface area contributed by atoms with Crippen molar-refractivity contribution < 1.29 is 14.3 Å². The van der Waals surface area contributed by atoms with E-state index in [-0.39, 0.29) is 12.3 Å². The summed E-state index contributed by atoms with van der Waals surface area (Å²) in [5, 5.41) is 2.82. The zero-order valence-corrected chi connectivity index (χ0v) is 15.9. The van der Waals surface area contributed by atoms with E-state index in [0.29, 0.717) is 36.2 Å². The van der Waals surface area contributed by atoms with Crippen molar-refractivity contribution >= 4 is 27.5 Å². The van der Waals surface area contributed by atoms with Crippen LogP contribution in [0.2, 0.25) is 0 Å². The predicted molar refractivity (Wildman–Crippen MR) is 105 cm³/mol. The van der Waals surface area contributed by atoms with E-state index >= 15 is 0 Å². The number of nitrogens with zero attached hydrogens (tertiary/aromatic N) is 2. The van der Waals surface area contributed by atoms with Gasteiger partial charge in [-0.25, -0.2) is 9.97 Å². The first-order valence-corrected chi connectivity index (χ1v) is 9.24. The molecule has 3 aromatic rings. The van der Waals surface area contributed by atoms with Crippen LogP contribution >= 0.6 is 15.9 Å². The van der Waals surface area contributed by atoms with E-state index in [1.165, 1.54) is 0 Å². The number of benzene rings is 2. The third-order valence-corrected chi connectivity index (χ3v) is 4.77. The Hall–Kier alpha value is -2.93. The molecule has 1 N–H and O–H groups in total. The fourth-order valence-electron chi connectivity index (χ4n) is 2.75. The second-order valence-corrected chi connectivity index (χ2v) is 6.83. The van der Waals surface area contributed by atoms with E-state index in [9.17, 15) is 4.79 Å². The maximum Gasteiger partial charge on any atom is 0.228 e. The highest BCUT2D eigenvalue weighted by Gasteiger charge is 2.16. The van der Waals surface area contributed by atoms with Crippen LogP contribution in [0.1, 0.15) is 5.56 Å². The summed E-state index contributed by atoms with van der Waals surface area (Å²) in [5.41, 5.74) is 2.29. The molecule has 0 bridgehead atoms. The molecule has 7 heteroatoms. The normalized spacial score (nSPS) is 12.5. The topological polar surface area (TPSA) is 73.3 Å². The first kappa shape index (κ1) is 17.5. The summed E-state index contributed by atoms with van der Waals surface area (Å²) in [6.07, 6.45) is 3.40. The fraction of sp³-hybridized carbons (Fsp3) is 0.150. The summed E-state index contributed by atoms with van der Waals surface area (Å²) in [4.78, 5) is 21.0. The van der Waals surface area contributed by atoms with Gasteiger partial charge in [-0.05, 0) is 17.7 Å². The molecule has 6 nitrogen and oxygen atoms in total. The maximum absolute atomic E-state index is 12.4. The fourth-order valence-corrected chi connectivity index (χ4v) is 3.21. The zero-order valence-electron chi connectivity index (χ0n) is 14.3. The van der Waals surface area contributed by atoms with Crippen LogP contribution in [0.4, 0.5) is 5.69 Å². The number of nitrogens with one attached hydrogen (secondary N) is 1. The molecule has 0 atom stereocenters. The molecular weight excluding hydrogens is 410 g/mol. The molecule has 0 aliphatic carbocycles. The van der Waals surface area contributed by atoms with Crippen molar-refractivity contribution in [2.45, 2.75) is 6.42 Å². The molecule has 0 saturated carbocycles. The Balaban J connectivity index is 1.44. The molecule has 0 saturated heterocycles. The van der Waals surface area contributed by atoms with Crippen molar-refractivity contribution in [2.75, 3.05) is 18.5 Å². The van der Waals surface area contributed by atoms with E-state index < -0.39 is 0 Å². The lowest BCUT2D eigenvalue weighted by atomic mass is 10.1. The molecule has 0 unspecified atom stereocenters. The average Bonchev–Trinajstić information content (AvgIpc) is 2.70. The SMILES string of the molecule is O=C(Cc1cc2c(cc1Br)OCCO2)Nc1cnc(-c2ccccc2)nc1. The van der Waals surface area contributed by atoms with Crippen LogP contribution in [0.15, 0.2) is 59.3 Å². The molecule has 4 rings (SSSR count). The molecule has 136 valence electrons. The monoisotopic (exact) mass is 425 g/mol. The van der Waals surface area contributed by atoms with Gasteiger partial charge in [-0.2, -0.15) is 0 Å². The van der Waals surface area contributed by atoms with E-state index in [4.69, 9.17) is 9.47 Å². The Kier molecular flexibility index (Phi) is 5.02. The summed E-state index contributed by atoms with van der Waals surface area (Å²) >= 11 is 3.48. The molecule has 1 aliphatic rings. The van der Waals surface area contributed by atoms with E-state index in [1.807, 2.05) is 42.5 Å². The molecule has 2 heterocycles. The highest BCUT2D eigenvalue weighted by Crippen LogP contribution is 2.35. The van der Waals surface area contributed by atoms with Gasteiger partial charge in [-0.1, -0.05) is 46.3 Å². The van der Waals surface area contributed by atoms with Crippen molar-refractivity contribution in [3.8, 4) is 22.9 Å². The number of fused-ring (bicyclic) bond motifs is 1. The molecular formula is C20H16BrN3O3. The summed E-state index contributed by atoms with van der Waals surface area (Å²) in [5.74, 6) is 1.79. The molecule has 2 aromatic carbocycles. The Morgan fingerprint density at radius 3 is 2.41 bits per heavy atom. The third kappa shape index (κ3) is 4.09. The minimum absolute atomic E-state index is 0.163. The van der Waals surface area contributed by atoms with Gasteiger partial charge in [-0.15, -0.1) is 0 Å². The number of amides is 1. The van der Waals surface area contributed by atoms with Crippen LogP contribution in [0.5, 0.6) is 11.5 Å². The van der Waals surface area contributed by atoms with Crippen molar-refractivity contribution in [1.82, 2.24) is 9.97 Å². The van der Waals surface area contributed by atoms with Gasteiger partial charge in [0.25, 0.3) is 0 Å². The first-order chi connectivity index (χ1) is 13.2. The Morgan fingerprint density at radius 2 is 1.70 bits per heavy atom. The molecule has 0 fully saturated rings. The predicted octanol–water partition coefficient (Wildman–Crippen LogP) is 3.86. The van der Waals surface area contributed by atoms with Crippen LogP contribution in [-0.2, 0) is 11.2 Å². The Morgan fingerprint density at radius 1 is 1.04 bits per heavy atom. The van der Waals surface area contributed by atoms with Crippen molar-refractivity contribution in [3.05, 3.63) is 64.9 Å². The van der Waals surface area contributed by atoms with Crippen molar-refractivity contribution in [3.63, 3.8) is 0 Å². The average molecular weight is 426 g/mol. The third-order valence-electron chi connectivity index (χ3n) is 4.03. The van der Waals surface area contributed by atoms with Crippen LogP contribution in [0.25, 0.3) is 11.4 Å². The van der Waals surface area contributed by atoms with Crippen molar-refractivity contribution in [2.24, 2.45) is 0 Å². The number of ether oxygens (including phenoxy) is 2. The molecule has 27 heavy (non-hydrogen) atoms. The van der Waals surface area contributed by atoms with Gasteiger partial charge in [0.1, 0.15) is 13.2 Å². The number of carbonyl (C=O) groups excluding carboxylic acids is 1. The van der Waals surface area contributed by atoms with Gasteiger partial charge in [0.05, 0.1) is 24.5 Å². The highest BCUT2D eigenvalue weighted by molar-refractivity contribution is 9.10. The minimum atomic E-state index is -0.163. The molecule has 0 radical (unpaired) electrons. The molecule has 1 aliphatic heterocycles. The first-order valence-electron chi connectivity index (χ1n) is 8.44. The van der Waals surface area contributed by atoms with Crippen LogP contribution in [0, 0.1) is 0 Å². The lowest BCUT2D eigenvalue weighted by Crippen LogP contribution is -2.17. The minimum Gasteiger partial charge on any atom is -0.486 e. The van der Waals surface area contributed by atoms with Gasteiger partial charge in [-0.3, -0.25) is 4.79 Å². The van der Waals surface area contributed by atoms with Crippen LogP contribution in [0.3, 0.4) is 0 Å². The van der Waals surface area contributed by atoms with Crippen molar-refractivity contribution in [1.29, 1.82) is 0 Å². The second-order valence-electron chi connectivity index (χ2n) is 5.97. The highest BCUT2D eigenvalue weighted by atomic mass is 79.9. The number of hydrogen-bond acceptors (Lipinski definition) is 5. The smallest absolute Gasteiger partial charge is 0.228 e.